The molecule has 5 nitrogen and oxygen atoms in total. The number of hydrogen-bond acceptors (Lipinski definition) is 4. The van der Waals surface area contributed by atoms with Crippen molar-refractivity contribution in [3.8, 4) is 5.75 Å². The lowest BCUT2D eigenvalue weighted by atomic mass is 10.0. The Hall–Kier alpha value is -2.37. The number of hydrogen-bond donors (Lipinski definition) is 2. The summed E-state index contributed by atoms with van der Waals surface area (Å²) in [5.41, 5.74) is 2.98. The van der Waals surface area contributed by atoms with E-state index in [0.29, 0.717) is 12.1 Å². The molecule has 0 radical (unpaired) electrons. The molecule has 2 aromatic carbocycles. The largest absolute Gasteiger partial charge is 0.491 e. The number of likely N-dealkylation sites (tertiary alicyclic amines) is 1. The molecular weight excluding hydrogens is 352 g/mol. The third-order valence-electron chi connectivity index (χ3n) is 5.19. The van der Waals surface area contributed by atoms with Crippen molar-refractivity contribution in [1.82, 2.24) is 10.2 Å². The molecule has 1 heterocycles. The highest BCUT2D eigenvalue weighted by Gasteiger charge is 2.22. The Morgan fingerprint density at radius 1 is 1.18 bits per heavy atom. The van der Waals surface area contributed by atoms with Gasteiger partial charge in [0.25, 0.3) is 5.91 Å². The van der Waals surface area contributed by atoms with Crippen molar-refractivity contribution in [3.05, 3.63) is 65.2 Å². The van der Waals surface area contributed by atoms with E-state index in [4.69, 9.17) is 4.74 Å². The minimum Gasteiger partial charge on any atom is -0.491 e. The maximum absolute atomic E-state index is 12.3. The molecule has 1 amide bonds. The monoisotopic (exact) mass is 382 g/mol. The zero-order valence-electron chi connectivity index (χ0n) is 16.7. The molecule has 0 bridgehead atoms. The Morgan fingerprint density at radius 3 is 2.57 bits per heavy atom. The van der Waals surface area contributed by atoms with Gasteiger partial charge < -0.3 is 20.1 Å². The number of ether oxygens (including phenoxy) is 1. The van der Waals surface area contributed by atoms with E-state index < -0.39 is 6.10 Å². The number of aryl methyl sites for hydroxylation is 2. The van der Waals surface area contributed by atoms with Crippen molar-refractivity contribution < 1.29 is 14.6 Å². The predicted molar refractivity (Wildman–Crippen MR) is 111 cm³/mol. The second-order valence-electron chi connectivity index (χ2n) is 7.65. The lowest BCUT2D eigenvalue weighted by molar-refractivity contribution is 0.0566. The minimum atomic E-state index is -0.531. The fraction of sp³-hybridized carbons (Fsp3) is 0.435. The number of amides is 1. The van der Waals surface area contributed by atoms with E-state index in [1.165, 1.54) is 5.56 Å². The van der Waals surface area contributed by atoms with Gasteiger partial charge in [0.05, 0.1) is 0 Å². The van der Waals surface area contributed by atoms with Crippen molar-refractivity contribution in [1.29, 1.82) is 0 Å². The van der Waals surface area contributed by atoms with Gasteiger partial charge >= 0.3 is 0 Å². The number of carbonyl (C=O) groups excluding carboxylic acids is 1. The number of carbonyl (C=O) groups is 1. The van der Waals surface area contributed by atoms with E-state index in [9.17, 15) is 9.90 Å². The fourth-order valence-corrected chi connectivity index (χ4v) is 3.62. The molecular formula is C23H30N2O3. The Kier molecular flexibility index (Phi) is 7.06. The summed E-state index contributed by atoms with van der Waals surface area (Å²) in [6.45, 7) is 6.67. The van der Waals surface area contributed by atoms with Gasteiger partial charge in [-0.1, -0.05) is 35.9 Å². The maximum atomic E-state index is 12.3. The Morgan fingerprint density at radius 2 is 1.89 bits per heavy atom. The second-order valence-corrected chi connectivity index (χ2v) is 7.65. The van der Waals surface area contributed by atoms with Crippen molar-refractivity contribution in [2.45, 2.75) is 38.8 Å². The van der Waals surface area contributed by atoms with Crippen LogP contribution in [0.5, 0.6) is 5.75 Å². The molecule has 1 atom stereocenters. The molecule has 28 heavy (non-hydrogen) atoms. The van der Waals surface area contributed by atoms with Crippen LogP contribution in [0.4, 0.5) is 0 Å². The molecule has 5 heteroatoms. The summed E-state index contributed by atoms with van der Waals surface area (Å²) in [5.74, 6) is 0.813. The first-order valence-corrected chi connectivity index (χ1v) is 9.97. The third-order valence-corrected chi connectivity index (χ3v) is 5.19. The smallest absolute Gasteiger partial charge is 0.251 e. The van der Waals surface area contributed by atoms with Crippen LogP contribution in [-0.2, 0) is 0 Å². The third kappa shape index (κ3) is 5.81. The van der Waals surface area contributed by atoms with E-state index in [1.54, 1.807) is 0 Å². The van der Waals surface area contributed by atoms with Crippen LogP contribution in [0.1, 0.15) is 34.3 Å². The number of piperidine rings is 1. The first kappa shape index (κ1) is 20.4. The van der Waals surface area contributed by atoms with Crippen LogP contribution in [0.25, 0.3) is 0 Å². The molecule has 1 aliphatic rings. The van der Waals surface area contributed by atoms with Gasteiger partial charge in [0, 0.05) is 31.2 Å². The molecule has 0 aliphatic carbocycles. The topological polar surface area (TPSA) is 61.8 Å². The summed E-state index contributed by atoms with van der Waals surface area (Å²) in [7, 11) is 0. The van der Waals surface area contributed by atoms with E-state index in [0.717, 1.165) is 37.2 Å². The number of aliphatic hydroxyl groups is 1. The van der Waals surface area contributed by atoms with Crippen LogP contribution < -0.4 is 10.1 Å². The number of benzene rings is 2. The van der Waals surface area contributed by atoms with Gasteiger partial charge in [-0.05, 0) is 50.5 Å². The summed E-state index contributed by atoms with van der Waals surface area (Å²) in [4.78, 5) is 14.5. The summed E-state index contributed by atoms with van der Waals surface area (Å²) >= 11 is 0. The van der Waals surface area contributed by atoms with Crippen LogP contribution in [-0.4, -0.2) is 54.3 Å². The summed E-state index contributed by atoms with van der Waals surface area (Å²) < 4.78 is 5.78. The molecule has 1 saturated heterocycles. The van der Waals surface area contributed by atoms with E-state index in [2.05, 4.69) is 23.2 Å². The molecule has 1 unspecified atom stereocenters. The average molecular weight is 383 g/mol. The van der Waals surface area contributed by atoms with Crippen LogP contribution in [0.15, 0.2) is 48.5 Å². The molecule has 2 aromatic rings. The molecule has 1 fully saturated rings. The van der Waals surface area contributed by atoms with Crippen LogP contribution in [0, 0.1) is 13.8 Å². The quantitative estimate of drug-likeness (QED) is 0.773. The maximum Gasteiger partial charge on any atom is 0.251 e. The molecule has 150 valence electrons. The summed E-state index contributed by atoms with van der Waals surface area (Å²) in [6, 6.07) is 15.6. The average Bonchev–Trinajstić information content (AvgIpc) is 2.69. The van der Waals surface area contributed by atoms with Crippen LogP contribution in [0.2, 0.25) is 0 Å². The first-order chi connectivity index (χ1) is 13.5. The van der Waals surface area contributed by atoms with E-state index in [-0.39, 0.29) is 18.6 Å². The van der Waals surface area contributed by atoms with Gasteiger partial charge in [0.2, 0.25) is 0 Å². The highest BCUT2D eigenvalue weighted by atomic mass is 16.5. The SMILES string of the molecule is Cc1ccc(OCC(O)CN2CCC(NC(=O)c3ccccc3)CC2)c(C)c1. The minimum absolute atomic E-state index is 0.0130. The second kappa shape index (κ2) is 9.71. The zero-order valence-corrected chi connectivity index (χ0v) is 16.7. The Bertz CT molecular complexity index is 771. The Labute approximate surface area is 167 Å². The van der Waals surface area contributed by atoms with Crippen LogP contribution >= 0.6 is 0 Å². The summed E-state index contributed by atoms with van der Waals surface area (Å²) in [6.07, 6.45) is 1.25. The van der Waals surface area contributed by atoms with E-state index in [1.807, 2.05) is 49.4 Å². The fourth-order valence-electron chi connectivity index (χ4n) is 3.62. The van der Waals surface area contributed by atoms with Gasteiger partial charge in [0.15, 0.2) is 0 Å². The van der Waals surface area contributed by atoms with Crippen LogP contribution in [0.3, 0.4) is 0 Å². The van der Waals surface area contributed by atoms with E-state index >= 15 is 0 Å². The van der Waals surface area contributed by atoms with Gasteiger partial charge in [0.1, 0.15) is 18.5 Å². The van der Waals surface area contributed by atoms with Crippen molar-refractivity contribution in [3.63, 3.8) is 0 Å². The van der Waals surface area contributed by atoms with Crippen molar-refractivity contribution in [2.24, 2.45) is 0 Å². The first-order valence-electron chi connectivity index (χ1n) is 9.97. The van der Waals surface area contributed by atoms with Gasteiger partial charge in [-0.25, -0.2) is 0 Å². The van der Waals surface area contributed by atoms with Crippen molar-refractivity contribution >= 4 is 5.91 Å². The molecule has 2 N–H and O–H groups in total. The number of nitrogens with zero attached hydrogens (tertiary/aromatic N) is 1. The number of β-amino-alcohol motifs (C(OH)–C–C–N with tert-alkyl or cyclic N) is 1. The standard InChI is InChI=1S/C23H30N2O3/c1-17-8-9-22(18(2)14-17)28-16-21(26)15-25-12-10-20(11-13-25)24-23(27)19-6-4-3-5-7-19/h3-9,14,20-21,26H,10-13,15-16H2,1-2H3,(H,24,27). The summed E-state index contributed by atoms with van der Waals surface area (Å²) in [5, 5.41) is 13.4. The molecule has 0 saturated carbocycles. The molecule has 3 rings (SSSR count). The van der Waals surface area contributed by atoms with Gasteiger partial charge in [-0.15, -0.1) is 0 Å². The highest BCUT2D eigenvalue weighted by Crippen LogP contribution is 2.19. The number of aliphatic hydroxyl groups excluding tert-OH is 1. The van der Waals surface area contributed by atoms with Gasteiger partial charge in [-0.2, -0.15) is 0 Å². The number of rotatable bonds is 7. The molecule has 0 aromatic heterocycles. The highest BCUT2D eigenvalue weighted by molar-refractivity contribution is 5.94. The molecule has 0 spiro atoms. The number of nitrogens with one attached hydrogen (secondary N) is 1. The lowest BCUT2D eigenvalue weighted by Crippen LogP contribution is -2.47. The van der Waals surface area contributed by atoms with Crippen molar-refractivity contribution in [2.75, 3.05) is 26.2 Å². The zero-order chi connectivity index (χ0) is 19.9. The lowest BCUT2D eigenvalue weighted by Gasteiger charge is -2.33. The Balaban J connectivity index is 1.38. The normalized spacial score (nSPS) is 16.5. The predicted octanol–water partition coefficient (Wildman–Crippen LogP) is 2.94. The molecule has 1 aliphatic heterocycles. The van der Waals surface area contributed by atoms with Gasteiger partial charge in [-0.3, -0.25) is 4.79 Å².